The van der Waals surface area contributed by atoms with Crippen molar-refractivity contribution in [1.29, 1.82) is 0 Å². The summed E-state index contributed by atoms with van der Waals surface area (Å²) in [5.74, 6) is 1.14. The molecular formula is C20H18ClFN4. The van der Waals surface area contributed by atoms with Gasteiger partial charge in [-0.3, -0.25) is 4.98 Å². The lowest BCUT2D eigenvalue weighted by Crippen LogP contribution is -2.37. The van der Waals surface area contributed by atoms with Crippen LogP contribution in [-0.4, -0.2) is 28.1 Å². The molecular weight excluding hydrogens is 351 g/mol. The summed E-state index contributed by atoms with van der Waals surface area (Å²) in [6, 6.07) is 12.4. The van der Waals surface area contributed by atoms with Gasteiger partial charge in [0, 0.05) is 31.0 Å². The van der Waals surface area contributed by atoms with Gasteiger partial charge in [-0.15, -0.1) is 11.6 Å². The van der Waals surface area contributed by atoms with Crippen LogP contribution in [0.5, 0.6) is 0 Å². The van der Waals surface area contributed by atoms with Crippen molar-refractivity contribution in [2.24, 2.45) is 4.99 Å². The van der Waals surface area contributed by atoms with Gasteiger partial charge in [-0.2, -0.15) is 0 Å². The van der Waals surface area contributed by atoms with Crippen LogP contribution in [-0.2, 0) is 0 Å². The molecule has 0 bridgehead atoms. The van der Waals surface area contributed by atoms with E-state index in [0.29, 0.717) is 5.88 Å². The fourth-order valence-corrected chi connectivity index (χ4v) is 3.47. The first kappa shape index (κ1) is 16.8. The highest BCUT2D eigenvalue weighted by Crippen LogP contribution is 2.41. The third-order valence-corrected chi connectivity index (χ3v) is 4.78. The fourth-order valence-electron chi connectivity index (χ4n) is 3.35. The Morgan fingerprint density at radius 2 is 1.85 bits per heavy atom. The number of benzene rings is 1. The number of hydrogen-bond acceptors (Lipinski definition) is 3. The number of anilines is 1. The predicted octanol–water partition coefficient (Wildman–Crippen LogP) is 4.86. The second kappa shape index (κ2) is 7.30. The van der Waals surface area contributed by atoms with E-state index in [2.05, 4.69) is 14.9 Å². The molecule has 0 saturated heterocycles. The molecule has 1 aliphatic rings. The molecule has 132 valence electrons. The number of halogens is 2. The van der Waals surface area contributed by atoms with E-state index in [4.69, 9.17) is 16.6 Å². The molecule has 4 rings (SSSR count). The van der Waals surface area contributed by atoms with Crippen molar-refractivity contribution in [3.8, 4) is 0 Å². The van der Waals surface area contributed by atoms with Crippen molar-refractivity contribution in [3.05, 3.63) is 78.0 Å². The van der Waals surface area contributed by atoms with Crippen molar-refractivity contribution in [1.82, 2.24) is 9.97 Å². The molecule has 6 heteroatoms. The molecule has 3 heterocycles. The van der Waals surface area contributed by atoms with Gasteiger partial charge >= 0.3 is 0 Å². The van der Waals surface area contributed by atoms with Crippen LogP contribution in [0, 0.1) is 5.82 Å². The van der Waals surface area contributed by atoms with Gasteiger partial charge < -0.3 is 9.88 Å². The van der Waals surface area contributed by atoms with E-state index in [1.54, 1.807) is 24.5 Å². The molecule has 0 radical (unpaired) electrons. The molecule has 1 aromatic carbocycles. The fraction of sp³-hybridized carbons (Fsp3) is 0.200. The summed E-state index contributed by atoms with van der Waals surface area (Å²) in [6.07, 6.45) is 6.30. The van der Waals surface area contributed by atoms with Gasteiger partial charge in [0.2, 0.25) is 0 Å². The molecule has 1 unspecified atom stereocenters. The monoisotopic (exact) mass is 368 g/mol. The zero-order valence-electron chi connectivity index (χ0n) is 14.1. The number of aliphatic imine (C=N–C) groups is 1. The van der Waals surface area contributed by atoms with Gasteiger partial charge in [-0.1, -0.05) is 12.1 Å². The van der Waals surface area contributed by atoms with E-state index in [1.807, 2.05) is 24.4 Å². The van der Waals surface area contributed by atoms with E-state index in [-0.39, 0.29) is 11.9 Å². The molecule has 0 fully saturated rings. The maximum absolute atomic E-state index is 13.4. The highest BCUT2D eigenvalue weighted by Gasteiger charge is 2.32. The van der Waals surface area contributed by atoms with Crippen molar-refractivity contribution in [2.75, 3.05) is 17.3 Å². The quantitative estimate of drug-likeness (QED) is 0.653. The zero-order chi connectivity index (χ0) is 17.9. The van der Waals surface area contributed by atoms with Crippen LogP contribution in [0.3, 0.4) is 0 Å². The topological polar surface area (TPSA) is 44.3 Å². The number of nitrogens with zero attached hydrogens (tertiary/aromatic N) is 3. The number of aromatic amines is 1. The highest BCUT2D eigenvalue weighted by molar-refractivity contribution is 6.17. The van der Waals surface area contributed by atoms with E-state index in [9.17, 15) is 4.39 Å². The maximum Gasteiger partial charge on any atom is 0.154 e. The number of aromatic nitrogens is 2. The Morgan fingerprint density at radius 3 is 2.58 bits per heavy atom. The Morgan fingerprint density at radius 1 is 1.08 bits per heavy atom. The van der Waals surface area contributed by atoms with Gasteiger partial charge in [-0.05, 0) is 47.9 Å². The molecule has 2 aromatic heterocycles. The van der Waals surface area contributed by atoms with E-state index in [0.717, 1.165) is 41.3 Å². The lowest BCUT2D eigenvalue weighted by Gasteiger charge is -2.37. The van der Waals surface area contributed by atoms with Crippen LogP contribution >= 0.6 is 11.6 Å². The van der Waals surface area contributed by atoms with Crippen molar-refractivity contribution >= 4 is 28.8 Å². The SMILES string of the molecule is Fc1ccc(C2=Nc3[nH]ccc3N(CCCCl)C2c2ccncc2)cc1. The van der Waals surface area contributed by atoms with Crippen LogP contribution in [0.4, 0.5) is 15.9 Å². The van der Waals surface area contributed by atoms with Crippen molar-refractivity contribution < 1.29 is 4.39 Å². The molecule has 1 atom stereocenters. The number of pyridine rings is 1. The van der Waals surface area contributed by atoms with Gasteiger partial charge in [-0.25, -0.2) is 9.38 Å². The average molecular weight is 369 g/mol. The number of hydrogen-bond donors (Lipinski definition) is 1. The predicted molar refractivity (Wildman–Crippen MR) is 103 cm³/mol. The number of nitrogens with one attached hydrogen (secondary N) is 1. The minimum atomic E-state index is -0.259. The number of rotatable bonds is 5. The summed E-state index contributed by atoms with van der Waals surface area (Å²) in [6.45, 7) is 0.793. The zero-order valence-corrected chi connectivity index (χ0v) is 14.8. The minimum absolute atomic E-state index is 0.0880. The maximum atomic E-state index is 13.4. The Bertz CT molecular complexity index is 905. The Balaban J connectivity index is 1.87. The van der Waals surface area contributed by atoms with E-state index < -0.39 is 0 Å². The standard InChI is InChI=1S/C20H18ClFN4/c21-9-1-13-26-17-8-12-24-20(17)25-18(14-2-4-16(22)5-3-14)19(26)15-6-10-23-11-7-15/h2-8,10-12,19,24H,1,9,13H2. The lowest BCUT2D eigenvalue weighted by atomic mass is 9.93. The molecule has 0 spiro atoms. The molecule has 26 heavy (non-hydrogen) atoms. The molecule has 1 N–H and O–H groups in total. The number of fused-ring (bicyclic) bond motifs is 1. The second-order valence-corrected chi connectivity index (χ2v) is 6.51. The van der Waals surface area contributed by atoms with Gasteiger partial charge in [0.15, 0.2) is 5.82 Å². The summed E-state index contributed by atoms with van der Waals surface area (Å²) in [7, 11) is 0. The summed E-state index contributed by atoms with van der Waals surface area (Å²) >= 11 is 5.97. The summed E-state index contributed by atoms with van der Waals surface area (Å²) in [5.41, 5.74) is 3.90. The lowest BCUT2D eigenvalue weighted by molar-refractivity contribution is 0.627. The molecule has 1 aliphatic heterocycles. The first-order chi connectivity index (χ1) is 12.8. The molecule has 0 saturated carbocycles. The summed E-state index contributed by atoms with van der Waals surface area (Å²) in [5, 5.41) is 0. The summed E-state index contributed by atoms with van der Waals surface area (Å²) < 4.78 is 13.4. The molecule has 0 amide bonds. The number of alkyl halides is 1. The molecule has 4 nitrogen and oxygen atoms in total. The molecule has 3 aromatic rings. The number of H-pyrrole nitrogens is 1. The van der Waals surface area contributed by atoms with Crippen LogP contribution < -0.4 is 4.90 Å². The largest absolute Gasteiger partial charge is 0.356 e. The third kappa shape index (κ3) is 3.10. The van der Waals surface area contributed by atoms with Crippen LogP contribution in [0.2, 0.25) is 0 Å². The Hall–Kier alpha value is -2.66. The van der Waals surface area contributed by atoms with Gasteiger partial charge in [0.1, 0.15) is 5.82 Å². The molecule has 0 aliphatic carbocycles. The first-order valence-corrected chi connectivity index (χ1v) is 9.06. The normalized spacial score (nSPS) is 16.3. The first-order valence-electron chi connectivity index (χ1n) is 8.52. The summed E-state index contributed by atoms with van der Waals surface area (Å²) in [4.78, 5) is 14.5. The highest BCUT2D eigenvalue weighted by atomic mass is 35.5. The van der Waals surface area contributed by atoms with E-state index in [1.165, 1.54) is 12.1 Å². The van der Waals surface area contributed by atoms with Crippen LogP contribution in [0.25, 0.3) is 0 Å². The Labute approximate surface area is 156 Å². The second-order valence-electron chi connectivity index (χ2n) is 6.13. The minimum Gasteiger partial charge on any atom is -0.356 e. The van der Waals surface area contributed by atoms with Gasteiger partial charge in [0.05, 0.1) is 17.4 Å². The van der Waals surface area contributed by atoms with Crippen LogP contribution in [0.1, 0.15) is 23.6 Å². The van der Waals surface area contributed by atoms with Crippen molar-refractivity contribution in [2.45, 2.75) is 12.5 Å². The van der Waals surface area contributed by atoms with Crippen molar-refractivity contribution in [3.63, 3.8) is 0 Å². The smallest absolute Gasteiger partial charge is 0.154 e. The Kier molecular flexibility index (Phi) is 4.71. The third-order valence-electron chi connectivity index (χ3n) is 4.51. The van der Waals surface area contributed by atoms with Crippen LogP contribution in [0.15, 0.2) is 66.0 Å². The van der Waals surface area contributed by atoms with Gasteiger partial charge in [0.25, 0.3) is 0 Å². The average Bonchev–Trinajstić information content (AvgIpc) is 3.15. The van der Waals surface area contributed by atoms with E-state index >= 15 is 0 Å².